The zero-order chi connectivity index (χ0) is 13.7. The Morgan fingerprint density at radius 3 is 2.83 bits per heavy atom. The molecule has 1 aromatic rings. The van der Waals surface area contributed by atoms with Crippen molar-refractivity contribution in [2.75, 3.05) is 18.1 Å². The Kier molecular flexibility index (Phi) is 5.27. The fraction of sp³-hybridized carbons (Fsp3) is 0.500. The van der Waals surface area contributed by atoms with Gasteiger partial charge in [-0.15, -0.1) is 0 Å². The van der Waals surface area contributed by atoms with Crippen molar-refractivity contribution in [1.29, 1.82) is 0 Å². The van der Waals surface area contributed by atoms with Crippen molar-refractivity contribution in [2.45, 2.75) is 25.5 Å². The van der Waals surface area contributed by atoms with Gasteiger partial charge < -0.3 is 10.4 Å². The minimum absolute atomic E-state index is 0.0914. The van der Waals surface area contributed by atoms with Crippen molar-refractivity contribution in [3.8, 4) is 0 Å². The minimum atomic E-state index is -1.00. The van der Waals surface area contributed by atoms with E-state index in [1.54, 1.807) is 19.2 Å². The van der Waals surface area contributed by atoms with E-state index >= 15 is 0 Å². The molecule has 0 amide bonds. The number of nitrogens with one attached hydrogen (secondary N) is 1. The number of carboxylic acids is 1. The lowest BCUT2D eigenvalue weighted by atomic mass is 10.2. The highest BCUT2D eigenvalue weighted by Crippen LogP contribution is 2.16. The number of hydrogen-bond acceptors (Lipinski definition) is 4. The zero-order valence-corrected chi connectivity index (χ0v) is 11.6. The normalized spacial score (nSPS) is 13.9. The number of pyridine rings is 1. The molecule has 0 radical (unpaired) electrons. The first-order valence-electron chi connectivity index (χ1n) is 5.68. The molecule has 1 rings (SSSR count). The van der Waals surface area contributed by atoms with E-state index in [0.717, 1.165) is 12.1 Å². The van der Waals surface area contributed by atoms with Crippen LogP contribution in [-0.4, -0.2) is 38.3 Å². The second-order valence-electron chi connectivity index (χ2n) is 4.20. The van der Waals surface area contributed by atoms with Crippen LogP contribution in [0.5, 0.6) is 0 Å². The highest BCUT2D eigenvalue weighted by Gasteiger charge is 2.11. The predicted molar refractivity (Wildman–Crippen MR) is 72.6 cm³/mol. The third-order valence-electron chi connectivity index (χ3n) is 2.70. The second-order valence-corrected chi connectivity index (χ2v) is 6.00. The van der Waals surface area contributed by atoms with E-state index in [2.05, 4.69) is 10.3 Å². The van der Waals surface area contributed by atoms with Gasteiger partial charge >= 0.3 is 5.97 Å². The highest BCUT2D eigenvalue weighted by atomic mass is 32.2. The molecule has 2 unspecified atom stereocenters. The lowest BCUT2D eigenvalue weighted by molar-refractivity contribution is 0.0697. The lowest BCUT2D eigenvalue weighted by Gasteiger charge is -2.12. The van der Waals surface area contributed by atoms with E-state index in [1.165, 1.54) is 6.20 Å². The molecule has 6 heteroatoms. The topological polar surface area (TPSA) is 79.3 Å². The summed E-state index contributed by atoms with van der Waals surface area (Å²) in [5, 5.41) is 12.2. The van der Waals surface area contributed by atoms with Gasteiger partial charge in [-0.25, -0.2) is 4.79 Å². The van der Waals surface area contributed by atoms with E-state index < -0.39 is 16.8 Å². The number of aromatic carboxylic acids is 1. The standard InChI is InChI=1S/C12H18N2O3S/c1-8-6-11(10(7-14-8)12(15)16)13-5-4-9(2)18(3)17/h6-7,9H,4-5H2,1-3H3,(H,13,14)(H,15,16). The van der Waals surface area contributed by atoms with Gasteiger partial charge in [-0.3, -0.25) is 9.19 Å². The maximum Gasteiger partial charge on any atom is 0.339 e. The van der Waals surface area contributed by atoms with Crippen molar-refractivity contribution < 1.29 is 14.1 Å². The molecule has 0 saturated heterocycles. The van der Waals surface area contributed by atoms with Crippen LogP contribution in [0.2, 0.25) is 0 Å². The highest BCUT2D eigenvalue weighted by molar-refractivity contribution is 7.84. The summed E-state index contributed by atoms with van der Waals surface area (Å²) in [6.45, 7) is 4.30. The molecular formula is C12H18N2O3S. The number of aromatic nitrogens is 1. The summed E-state index contributed by atoms with van der Waals surface area (Å²) in [6, 6.07) is 1.71. The predicted octanol–water partition coefficient (Wildman–Crippen LogP) is 1.66. The van der Waals surface area contributed by atoms with E-state index in [-0.39, 0.29) is 10.8 Å². The minimum Gasteiger partial charge on any atom is -0.478 e. The van der Waals surface area contributed by atoms with Gasteiger partial charge in [0.2, 0.25) is 0 Å². The Labute approximate surface area is 109 Å². The summed E-state index contributed by atoms with van der Waals surface area (Å²) in [5.74, 6) is -1.00. The molecule has 0 aliphatic carbocycles. The largest absolute Gasteiger partial charge is 0.478 e. The van der Waals surface area contributed by atoms with Crippen LogP contribution in [0.25, 0.3) is 0 Å². The number of anilines is 1. The maximum atomic E-state index is 11.2. The van der Waals surface area contributed by atoms with Gasteiger partial charge in [-0.2, -0.15) is 0 Å². The number of nitrogens with zero attached hydrogens (tertiary/aromatic N) is 1. The smallest absolute Gasteiger partial charge is 0.339 e. The molecule has 5 nitrogen and oxygen atoms in total. The average molecular weight is 270 g/mol. The fourth-order valence-electron chi connectivity index (χ4n) is 1.45. The summed E-state index contributed by atoms with van der Waals surface area (Å²) in [6.07, 6.45) is 3.74. The van der Waals surface area contributed by atoms with E-state index in [9.17, 15) is 9.00 Å². The molecule has 0 aliphatic rings. The van der Waals surface area contributed by atoms with Gasteiger partial charge in [0.05, 0.1) is 5.69 Å². The van der Waals surface area contributed by atoms with Crippen molar-refractivity contribution in [3.63, 3.8) is 0 Å². The number of aryl methyl sites for hydroxylation is 1. The molecule has 1 heterocycles. The molecule has 0 spiro atoms. The molecule has 1 aromatic heterocycles. The molecule has 18 heavy (non-hydrogen) atoms. The Hall–Kier alpha value is -1.43. The first-order chi connectivity index (χ1) is 8.41. The Balaban J connectivity index is 2.69. The Bertz CT molecular complexity index is 463. The van der Waals surface area contributed by atoms with Crippen LogP contribution in [0.15, 0.2) is 12.3 Å². The van der Waals surface area contributed by atoms with Crippen LogP contribution in [-0.2, 0) is 10.8 Å². The van der Waals surface area contributed by atoms with Crippen molar-refractivity contribution in [3.05, 3.63) is 23.5 Å². The van der Waals surface area contributed by atoms with Crippen LogP contribution in [0, 0.1) is 6.92 Å². The van der Waals surface area contributed by atoms with Crippen LogP contribution >= 0.6 is 0 Å². The molecule has 100 valence electrons. The summed E-state index contributed by atoms with van der Waals surface area (Å²) < 4.78 is 11.2. The van der Waals surface area contributed by atoms with E-state index in [1.807, 2.05) is 6.92 Å². The SMILES string of the molecule is Cc1cc(NCCC(C)S(C)=O)c(C(=O)O)cn1. The molecule has 0 aliphatic heterocycles. The number of rotatable bonds is 6. The van der Waals surface area contributed by atoms with Gasteiger partial charge in [-0.05, 0) is 19.4 Å². The molecule has 0 fully saturated rings. The summed E-state index contributed by atoms with van der Waals surface area (Å²) in [4.78, 5) is 15.0. The second kappa shape index (κ2) is 6.49. The average Bonchev–Trinajstić information content (AvgIpc) is 2.28. The fourth-order valence-corrected chi connectivity index (χ4v) is 1.90. The molecule has 0 aromatic carbocycles. The number of hydrogen-bond donors (Lipinski definition) is 2. The van der Waals surface area contributed by atoms with Gasteiger partial charge in [-0.1, -0.05) is 6.92 Å². The van der Waals surface area contributed by atoms with Gasteiger partial charge in [0.25, 0.3) is 0 Å². The van der Waals surface area contributed by atoms with Gasteiger partial charge in [0, 0.05) is 40.7 Å². The summed E-state index contributed by atoms with van der Waals surface area (Å²) >= 11 is 0. The molecular weight excluding hydrogens is 252 g/mol. The van der Waals surface area contributed by atoms with Crippen LogP contribution in [0.1, 0.15) is 29.4 Å². The molecule has 2 atom stereocenters. The van der Waals surface area contributed by atoms with E-state index in [0.29, 0.717) is 12.2 Å². The van der Waals surface area contributed by atoms with E-state index in [4.69, 9.17) is 5.11 Å². The summed E-state index contributed by atoms with van der Waals surface area (Å²) in [5.41, 5.74) is 1.48. The Morgan fingerprint density at radius 2 is 2.28 bits per heavy atom. The zero-order valence-electron chi connectivity index (χ0n) is 10.8. The summed E-state index contributed by atoms with van der Waals surface area (Å²) in [7, 11) is -0.855. The number of carbonyl (C=O) groups is 1. The number of carboxylic acid groups (broad SMARTS) is 1. The van der Waals surface area contributed by atoms with Crippen molar-refractivity contribution in [1.82, 2.24) is 4.98 Å². The third kappa shape index (κ3) is 4.10. The van der Waals surface area contributed by atoms with Gasteiger partial charge in [0.15, 0.2) is 0 Å². The lowest BCUT2D eigenvalue weighted by Crippen LogP contribution is -2.16. The van der Waals surface area contributed by atoms with Crippen molar-refractivity contribution >= 4 is 22.5 Å². The first kappa shape index (κ1) is 14.6. The third-order valence-corrected chi connectivity index (χ3v) is 4.07. The quantitative estimate of drug-likeness (QED) is 0.821. The first-order valence-corrected chi connectivity index (χ1v) is 7.30. The monoisotopic (exact) mass is 270 g/mol. The molecule has 2 N–H and O–H groups in total. The van der Waals surface area contributed by atoms with Crippen LogP contribution in [0.3, 0.4) is 0 Å². The molecule has 0 saturated carbocycles. The van der Waals surface area contributed by atoms with Crippen LogP contribution in [0.4, 0.5) is 5.69 Å². The Morgan fingerprint density at radius 1 is 1.61 bits per heavy atom. The van der Waals surface area contributed by atoms with Crippen LogP contribution < -0.4 is 5.32 Å². The molecule has 0 bridgehead atoms. The van der Waals surface area contributed by atoms with Crippen molar-refractivity contribution in [2.24, 2.45) is 0 Å². The maximum absolute atomic E-state index is 11.2. The van der Waals surface area contributed by atoms with Gasteiger partial charge in [0.1, 0.15) is 5.56 Å².